The molecule has 0 unspecified atom stereocenters. The smallest absolute Gasteiger partial charge is 0.302 e. The molecule has 1 aromatic rings. The third-order valence-electron chi connectivity index (χ3n) is 1.99. The Bertz CT molecular complexity index is 341. The molecule has 0 aliphatic carbocycles. The van der Waals surface area contributed by atoms with Gasteiger partial charge in [-0.15, -0.1) is 0 Å². The molecule has 86 valence electrons. The summed E-state index contributed by atoms with van der Waals surface area (Å²) in [5, 5.41) is 0. The molecule has 0 amide bonds. The van der Waals surface area contributed by atoms with Crippen molar-refractivity contribution in [3.63, 3.8) is 0 Å². The monoisotopic (exact) mass is 220 g/mol. The summed E-state index contributed by atoms with van der Waals surface area (Å²) >= 11 is 0. The number of hydrogen-bond acceptors (Lipinski definition) is 3. The predicted molar refractivity (Wildman–Crippen MR) is 62.5 cm³/mol. The van der Waals surface area contributed by atoms with E-state index in [-0.39, 0.29) is 5.97 Å². The van der Waals surface area contributed by atoms with Crippen LogP contribution in [0.5, 0.6) is 5.75 Å². The van der Waals surface area contributed by atoms with Crippen LogP contribution in [-0.2, 0) is 16.0 Å². The molecule has 0 aliphatic heterocycles. The second-order valence-corrected chi connectivity index (χ2v) is 3.33. The second kappa shape index (κ2) is 6.67. The summed E-state index contributed by atoms with van der Waals surface area (Å²) in [6.45, 7) is 5.91. The van der Waals surface area contributed by atoms with Gasteiger partial charge in [-0.1, -0.05) is 24.8 Å². The molecule has 0 saturated heterocycles. The van der Waals surface area contributed by atoms with Crippen LogP contribution in [0.25, 0.3) is 0 Å². The summed E-state index contributed by atoms with van der Waals surface area (Å²) in [6.07, 6.45) is 2.43. The maximum absolute atomic E-state index is 10.6. The summed E-state index contributed by atoms with van der Waals surface area (Å²) in [5.74, 6) is 0.571. The van der Waals surface area contributed by atoms with E-state index >= 15 is 0 Å². The quantitative estimate of drug-likeness (QED) is 0.545. The molecule has 0 aliphatic rings. The maximum Gasteiger partial charge on any atom is 0.302 e. The fourth-order valence-corrected chi connectivity index (χ4v) is 1.22. The fourth-order valence-electron chi connectivity index (χ4n) is 1.22. The van der Waals surface area contributed by atoms with Gasteiger partial charge in [-0.3, -0.25) is 4.79 Å². The highest BCUT2D eigenvalue weighted by Gasteiger charge is 1.97. The van der Waals surface area contributed by atoms with Gasteiger partial charge in [-0.25, -0.2) is 0 Å². The van der Waals surface area contributed by atoms with Crippen LogP contribution in [0.15, 0.2) is 36.9 Å². The van der Waals surface area contributed by atoms with Crippen molar-refractivity contribution in [1.82, 2.24) is 0 Å². The topological polar surface area (TPSA) is 35.5 Å². The van der Waals surface area contributed by atoms with E-state index in [0.717, 1.165) is 17.7 Å². The van der Waals surface area contributed by atoms with Gasteiger partial charge in [0.05, 0.1) is 6.61 Å². The van der Waals surface area contributed by atoms with E-state index in [0.29, 0.717) is 13.2 Å². The van der Waals surface area contributed by atoms with Gasteiger partial charge in [0.2, 0.25) is 0 Å². The number of rotatable bonds is 6. The molecule has 1 rings (SSSR count). The first-order valence-corrected chi connectivity index (χ1v) is 5.18. The zero-order valence-electron chi connectivity index (χ0n) is 9.44. The fraction of sp³-hybridized carbons (Fsp3) is 0.308. The minimum absolute atomic E-state index is 0.245. The predicted octanol–water partition coefficient (Wildman–Crippen LogP) is 2.36. The highest BCUT2D eigenvalue weighted by atomic mass is 16.5. The first-order chi connectivity index (χ1) is 7.72. The van der Waals surface area contributed by atoms with Crippen LogP contribution in [-0.4, -0.2) is 19.2 Å². The van der Waals surface area contributed by atoms with Gasteiger partial charge in [0.1, 0.15) is 12.4 Å². The Morgan fingerprint density at radius 2 is 2.06 bits per heavy atom. The van der Waals surface area contributed by atoms with Crippen LogP contribution in [0.4, 0.5) is 0 Å². The van der Waals surface area contributed by atoms with Crippen LogP contribution >= 0.6 is 0 Å². The van der Waals surface area contributed by atoms with Gasteiger partial charge < -0.3 is 9.47 Å². The Morgan fingerprint density at radius 1 is 1.38 bits per heavy atom. The Morgan fingerprint density at radius 3 is 2.62 bits per heavy atom. The Kier molecular flexibility index (Phi) is 5.12. The third-order valence-corrected chi connectivity index (χ3v) is 1.99. The Hall–Kier alpha value is -1.77. The summed E-state index contributed by atoms with van der Waals surface area (Å²) < 4.78 is 10.2. The van der Waals surface area contributed by atoms with Gasteiger partial charge >= 0.3 is 5.97 Å². The molecule has 1 aromatic carbocycles. The number of esters is 1. The molecule has 0 N–H and O–H groups in total. The SMILES string of the molecule is C=CCOc1ccc(CCOC(C)=O)cc1. The average Bonchev–Trinajstić information content (AvgIpc) is 2.27. The lowest BCUT2D eigenvalue weighted by atomic mass is 10.1. The first kappa shape index (κ1) is 12.3. The largest absolute Gasteiger partial charge is 0.490 e. The molecule has 0 fully saturated rings. The van der Waals surface area contributed by atoms with Gasteiger partial charge in [0, 0.05) is 13.3 Å². The summed E-state index contributed by atoms with van der Waals surface area (Å²) in [4.78, 5) is 10.6. The van der Waals surface area contributed by atoms with Crippen molar-refractivity contribution in [2.75, 3.05) is 13.2 Å². The van der Waals surface area contributed by atoms with Crippen molar-refractivity contribution >= 4 is 5.97 Å². The lowest BCUT2D eigenvalue weighted by Gasteiger charge is -2.05. The number of hydrogen-bond donors (Lipinski definition) is 0. The van der Waals surface area contributed by atoms with Gasteiger partial charge in [0.15, 0.2) is 0 Å². The molecule has 0 spiro atoms. The lowest BCUT2D eigenvalue weighted by molar-refractivity contribution is -0.140. The number of carbonyl (C=O) groups is 1. The van der Waals surface area contributed by atoms with Crippen molar-refractivity contribution in [3.05, 3.63) is 42.5 Å². The Labute approximate surface area is 95.7 Å². The first-order valence-electron chi connectivity index (χ1n) is 5.18. The van der Waals surface area contributed by atoms with E-state index < -0.39 is 0 Å². The molecule has 0 atom stereocenters. The van der Waals surface area contributed by atoms with Crippen LogP contribution in [0.3, 0.4) is 0 Å². The number of benzene rings is 1. The molecular formula is C13H16O3. The molecule has 3 heteroatoms. The molecule has 0 radical (unpaired) electrons. The average molecular weight is 220 g/mol. The van der Waals surface area contributed by atoms with Crippen LogP contribution in [0.1, 0.15) is 12.5 Å². The van der Waals surface area contributed by atoms with E-state index in [1.165, 1.54) is 6.92 Å². The minimum atomic E-state index is -0.245. The molecule has 0 heterocycles. The summed E-state index contributed by atoms with van der Waals surface area (Å²) in [5.41, 5.74) is 1.12. The van der Waals surface area contributed by atoms with Crippen molar-refractivity contribution in [3.8, 4) is 5.75 Å². The number of carbonyl (C=O) groups excluding carboxylic acids is 1. The van der Waals surface area contributed by atoms with Crippen molar-refractivity contribution in [2.24, 2.45) is 0 Å². The summed E-state index contributed by atoms with van der Waals surface area (Å²) in [6, 6.07) is 7.71. The van der Waals surface area contributed by atoms with Crippen molar-refractivity contribution in [2.45, 2.75) is 13.3 Å². The van der Waals surface area contributed by atoms with E-state index in [1.54, 1.807) is 6.08 Å². The molecule has 16 heavy (non-hydrogen) atoms. The van der Waals surface area contributed by atoms with Crippen LogP contribution in [0.2, 0.25) is 0 Å². The van der Waals surface area contributed by atoms with Gasteiger partial charge in [-0.2, -0.15) is 0 Å². The van der Waals surface area contributed by atoms with Gasteiger partial charge in [0.25, 0.3) is 0 Å². The van der Waals surface area contributed by atoms with Crippen LogP contribution in [0, 0.1) is 0 Å². The van der Waals surface area contributed by atoms with E-state index in [2.05, 4.69) is 6.58 Å². The molecule has 0 saturated carbocycles. The molecule has 3 nitrogen and oxygen atoms in total. The van der Waals surface area contributed by atoms with E-state index in [4.69, 9.17) is 9.47 Å². The van der Waals surface area contributed by atoms with E-state index in [9.17, 15) is 4.79 Å². The zero-order chi connectivity index (χ0) is 11.8. The highest BCUT2D eigenvalue weighted by Crippen LogP contribution is 2.12. The van der Waals surface area contributed by atoms with Crippen molar-refractivity contribution < 1.29 is 14.3 Å². The zero-order valence-corrected chi connectivity index (χ0v) is 9.44. The third kappa shape index (κ3) is 4.64. The molecule has 0 aromatic heterocycles. The van der Waals surface area contributed by atoms with Crippen molar-refractivity contribution in [1.29, 1.82) is 0 Å². The molecular weight excluding hydrogens is 204 g/mol. The Balaban J connectivity index is 2.38. The number of ether oxygens (including phenoxy) is 2. The normalized spacial score (nSPS) is 9.56. The summed E-state index contributed by atoms with van der Waals surface area (Å²) in [7, 11) is 0. The lowest BCUT2D eigenvalue weighted by Crippen LogP contribution is -2.03. The van der Waals surface area contributed by atoms with Crippen LogP contribution < -0.4 is 4.74 Å². The maximum atomic E-state index is 10.6. The van der Waals surface area contributed by atoms with E-state index in [1.807, 2.05) is 24.3 Å². The van der Waals surface area contributed by atoms with Gasteiger partial charge in [-0.05, 0) is 17.7 Å². The molecule has 0 bridgehead atoms. The standard InChI is InChI=1S/C13H16O3/c1-3-9-16-13-6-4-12(5-7-13)8-10-15-11(2)14/h3-7H,1,8-10H2,2H3. The second-order valence-electron chi connectivity index (χ2n) is 3.33. The minimum Gasteiger partial charge on any atom is -0.490 e. The highest BCUT2D eigenvalue weighted by molar-refractivity contribution is 5.65.